The van der Waals surface area contributed by atoms with Crippen LogP contribution in [0, 0.1) is 5.41 Å². The van der Waals surface area contributed by atoms with Crippen molar-refractivity contribution in [3.63, 3.8) is 0 Å². The number of unbranched alkanes of at least 4 members (excludes halogenated alkanes) is 11. The fraction of sp³-hybridized carbons (Fsp3) is 0.870. The molecule has 0 aliphatic carbocycles. The SMILES string of the molecule is CCCCCCCC/C=C\CCCCCCCC(=O)O.OCC(CO)(CO)C1OO1. The van der Waals surface area contributed by atoms with Crippen molar-refractivity contribution >= 4 is 5.97 Å². The first kappa shape index (κ1) is 29.0. The largest absolute Gasteiger partial charge is 0.481 e. The Labute approximate surface area is 182 Å². The minimum Gasteiger partial charge on any atom is -0.481 e. The molecule has 1 rings (SSSR count). The Hall–Kier alpha value is -0.990. The highest BCUT2D eigenvalue weighted by molar-refractivity contribution is 5.66. The molecule has 7 heteroatoms. The lowest BCUT2D eigenvalue weighted by Crippen LogP contribution is -2.39. The van der Waals surface area contributed by atoms with Gasteiger partial charge in [-0.15, -0.1) is 0 Å². The fourth-order valence-electron chi connectivity index (χ4n) is 2.95. The summed E-state index contributed by atoms with van der Waals surface area (Å²) in [6, 6.07) is 0. The van der Waals surface area contributed by atoms with Crippen molar-refractivity contribution in [1.29, 1.82) is 0 Å². The molecule has 178 valence electrons. The zero-order chi connectivity index (χ0) is 22.5. The summed E-state index contributed by atoms with van der Waals surface area (Å²) in [4.78, 5) is 19.1. The number of allylic oxidation sites excluding steroid dienone is 2. The van der Waals surface area contributed by atoms with Crippen LogP contribution < -0.4 is 0 Å². The van der Waals surface area contributed by atoms with Crippen molar-refractivity contribution < 1.29 is 35.0 Å². The van der Waals surface area contributed by atoms with Crippen LogP contribution in [0.4, 0.5) is 0 Å². The zero-order valence-corrected chi connectivity index (χ0v) is 18.8. The number of hydrogen-bond donors (Lipinski definition) is 4. The van der Waals surface area contributed by atoms with Gasteiger partial charge in [-0.3, -0.25) is 4.79 Å². The van der Waals surface area contributed by atoms with E-state index in [1.165, 1.54) is 70.6 Å². The van der Waals surface area contributed by atoms with E-state index in [-0.39, 0.29) is 19.8 Å². The molecule has 0 atom stereocenters. The molecular formula is C23H44O7. The topological polar surface area (TPSA) is 123 Å². The van der Waals surface area contributed by atoms with Crippen molar-refractivity contribution in [2.45, 2.75) is 103 Å². The lowest BCUT2D eigenvalue weighted by molar-refractivity contribution is -0.137. The molecule has 0 bridgehead atoms. The van der Waals surface area contributed by atoms with E-state index in [1.54, 1.807) is 0 Å². The van der Waals surface area contributed by atoms with Gasteiger partial charge in [0.1, 0.15) is 0 Å². The fourth-order valence-corrected chi connectivity index (χ4v) is 2.95. The van der Waals surface area contributed by atoms with Gasteiger partial charge in [-0.2, -0.15) is 9.78 Å². The number of aliphatic hydroxyl groups is 3. The molecule has 0 saturated carbocycles. The molecule has 0 unspecified atom stereocenters. The van der Waals surface area contributed by atoms with Crippen molar-refractivity contribution in [3.8, 4) is 0 Å². The second kappa shape index (κ2) is 19.9. The Kier molecular flexibility index (Phi) is 19.3. The number of aliphatic carboxylic acids is 1. The number of carboxylic acid groups (broad SMARTS) is 1. The van der Waals surface area contributed by atoms with Gasteiger partial charge in [-0.1, -0.05) is 70.4 Å². The van der Waals surface area contributed by atoms with E-state index in [4.69, 9.17) is 20.4 Å². The van der Waals surface area contributed by atoms with Crippen LogP contribution >= 0.6 is 0 Å². The Morgan fingerprint density at radius 2 is 1.20 bits per heavy atom. The summed E-state index contributed by atoms with van der Waals surface area (Å²) in [5, 5.41) is 34.6. The Balaban J connectivity index is 0.000000696. The van der Waals surface area contributed by atoms with Gasteiger partial charge in [0.25, 0.3) is 0 Å². The third kappa shape index (κ3) is 15.8. The number of carbonyl (C=O) groups is 1. The molecule has 1 fully saturated rings. The van der Waals surface area contributed by atoms with Crippen molar-refractivity contribution in [3.05, 3.63) is 12.2 Å². The smallest absolute Gasteiger partial charge is 0.303 e. The molecule has 0 aromatic heterocycles. The van der Waals surface area contributed by atoms with Gasteiger partial charge in [-0.05, 0) is 32.1 Å². The van der Waals surface area contributed by atoms with E-state index in [0.717, 1.165) is 12.8 Å². The third-order valence-corrected chi connectivity index (χ3v) is 5.29. The van der Waals surface area contributed by atoms with Crippen LogP contribution in [-0.2, 0) is 14.6 Å². The van der Waals surface area contributed by atoms with E-state index in [0.29, 0.717) is 6.42 Å². The van der Waals surface area contributed by atoms with Crippen LogP contribution in [0.25, 0.3) is 0 Å². The van der Waals surface area contributed by atoms with Gasteiger partial charge in [0, 0.05) is 6.42 Å². The molecule has 1 aliphatic heterocycles. The van der Waals surface area contributed by atoms with Crippen LogP contribution in [0.15, 0.2) is 12.2 Å². The maximum absolute atomic E-state index is 10.3. The summed E-state index contributed by atoms with van der Waals surface area (Å²) in [5.74, 6) is -0.664. The van der Waals surface area contributed by atoms with E-state index in [2.05, 4.69) is 28.9 Å². The van der Waals surface area contributed by atoms with Crippen molar-refractivity contribution in [2.24, 2.45) is 5.41 Å². The first-order valence-electron chi connectivity index (χ1n) is 11.6. The molecule has 0 aromatic rings. The van der Waals surface area contributed by atoms with E-state index < -0.39 is 17.7 Å². The predicted octanol–water partition coefficient (Wildman–Crippen LogP) is 4.35. The van der Waals surface area contributed by atoms with Crippen molar-refractivity contribution in [2.75, 3.05) is 19.8 Å². The minimum atomic E-state index is -1.04. The first-order chi connectivity index (χ1) is 14.6. The van der Waals surface area contributed by atoms with Gasteiger partial charge in [-0.25, -0.2) is 0 Å². The first-order valence-corrected chi connectivity index (χ1v) is 11.6. The summed E-state index contributed by atoms with van der Waals surface area (Å²) in [7, 11) is 0. The van der Waals surface area contributed by atoms with Crippen LogP contribution in [0.2, 0.25) is 0 Å². The van der Waals surface area contributed by atoms with E-state index >= 15 is 0 Å². The van der Waals surface area contributed by atoms with Crippen LogP contribution in [0.5, 0.6) is 0 Å². The summed E-state index contributed by atoms with van der Waals surface area (Å²) in [5.41, 5.74) is -1.04. The highest BCUT2D eigenvalue weighted by atomic mass is 17.4. The molecule has 0 amide bonds. The maximum atomic E-state index is 10.3. The molecule has 0 spiro atoms. The van der Waals surface area contributed by atoms with Gasteiger partial charge in [0.15, 0.2) is 0 Å². The Morgan fingerprint density at radius 3 is 1.57 bits per heavy atom. The molecule has 0 aromatic carbocycles. The highest BCUT2D eigenvalue weighted by Crippen LogP contribution is 2.33. The maximum Gasteiger partial charge on any atom is 0.303 e. The second-order valence-electron chi connectivity index (χ2n) is 8.09. The number of carboxylic acids is 1. The van der Waals surface area contributed by atoms with Gasteiger partial charge in [0.05, 0.1) is 25.2 Å². The normalized spacial score (nSPS) is 14.0. The lowest BCUT2D eigenvalue weighted by atomic mass is 9.91. The average Bonchev–Trinajstić information content (AvgIpc) is 3.59. The number of aliphatic hydroxyl groups excluding tert-OH is 3. The van der Waals surface area contributed by atoms with Gasteiger partial charge in [0.2, 0.25) is 6.29 Å². The van der Waals surface area contributed by atoms with Crippen LogP contribution in [-0.4, -0.2) is 52.5 Å². The molecule has 4 N–H and O–H groups in total. The molecular weight excluding hydrogens is 388 g/mol. The lowest BCUT2D eigenvalue weighted by Gasteiger charge is -2.21. The summed E-state index contributed by atoms with van der Waals surface area (Å²) < 4.78 is 0. The summed E-state index contributed by atoms with van der Waals surface area (Å²) >= 11 is 0. The van der Waals surface area contributed by atoms with Crippen molar-refractivity contribution in [1.82, 2.24) is 0 Å². The minimum absolute atomic E-state index is 0.332. The predicted molar refractivity (Wildman–Crippen MR) is 117 cm³/mol. The quantitative estimate of drug-likeness (QED) is 0.104. The second-order valence-corrected chi connectivity index (χ2v) is 8.09. The molecule has 1 aliphatic rings. The molecule has 1 heterocycles. The molecule has 1 saturated heterocycles. The van der Waals surface area contributed by atoms with E-state index in [9.17, 15) is 4.79 Å². The number of hydrogen-bond acceptors (Lipinski definition) is 6. The molecule has 7 nitrogen and oxygen atoms in total. The summed E-state index contributed by atoms with van der Waals surface area (Å²) in [6.07, 6.45) is 20.6. The zero-order valence-electron chi connectivity index (χ0n) is 18.8. The third-order valence-electron chi connectivity index (χ3n) is 5.29. The molecule has 0 radical (unpaired) electrons. The van der Waals surface area contributed by atoms with E-state index in [1.807, 2.05) is 0 Å². The Morgan fingerprint density at radius 1 is 0.767 bits per heavy atom. The van der Waals surface area contributed by atoms with Gasteiger partial charge >= 0.3 is 5.97 Å². The van der Waals surface area contributed by atoms with Gasteiger partial charge < -0.3 is 20.4 Å². The monoisotopic (exact) mass is 432 g/mol. The number of rotatable bonds is 19. The Bertz CT molecular complexity index is 410. The average molecular weight is 433 g/mol. The van der Waals surface area contributed by atoms with Crippen LogP contribution in [0.1, 0.15) is 96.8 Å². The summed E-state index contributed by atoms with van der Waals surface area (Å²) in [6.45, 7) is 1.19. The highest BCUT2D eigenvalue weighted by Gasteiger charge is 2.49. The van der Waals surface area contributed by atoms with Crippen LogP contribution in [0.3, 0.4) is 0 Å². The standard InChI is InChI=1S/C18H34O2.C5H10O5/c1-2-3-4-5-6-7-8-9-10-11-12-13-14-15-16-17-18(19)20;6-1-5(2-7,3-8)4-9-10-4/h9-10H,2-8,11-17H2,1H3,(H,19,20);4,6-8H,1-3H2/b10-9-;. The molecule has 30 heavy (non-hydrogen) atoms.